The summed E-state index contributed by atoms with van der Waals surface area (Å²) in [5, 5.41) is 8.78. The molecule has 0 saturated carbocycles. The Morgan fingerprint density at radius 3 is 2.80 bits per heavy atom. The Bertz CT molecular complexity index is 359. The fraction of sp³-hybridized carbons (Fsp3) is 0.400. The number of nitriles is 1. The maximum Gasteiger partial charge on any atom is 0.323 e. The molecule has 1 aromatic heterocycles. The zero-order chi connectivity index (χ0) is 11.1. The van der Waals surface area contributed by atoms with Crippen LogP contribution in [-0.2, 0) is 16.0 Å². The standard InChI is InChI=1S/C10H11N3O2/c1-2-15-10(14)8(7-11)6-9-12-4-3-5-13-9/h3-5,8H,2,6H2,1H3. The van der Waals surface area contributed by atoms with Crippen LogP contribution in [0.5, 0.6) is 0 Å². The molecule has 0 aliphatic heterocycles. The Morgan fingerprint density at radius 2 is 2.27 bits per heavy atom. The molecule has 0 N–H and O–H groups in total. The van der Waals surface area contributed by atoms with Crippen molar-refractivity contribution < 1.29 is 9.53 Å². The van der Waals surface area contributed by atoms with E-state index in [0.29, 0.717) is 5.82 Å². The van der Waals surface area contributed by atoms with Crippen LogP contribution in [0.3, 0.4) is 0 Å². The van der Waals surface area contributed by atoms with Crippen molar-refractivity contribution in [2.24, 2.45) is 5.92 Å². The van der Waals surface area contributed by atoms with Crippen LogP contribution in [0, 0.1) is 17.2 Å². The average molecular weight is 205 g/mol. The van der Waals surface area contributed by atoms with E-state index in [1.165, 1.54) is 0 Å². The fourth-order valence-corrected chi connectivity index (χ4v) is 1.04. The van der Waals surface area contributed by atoms with Crippen molar-refractivity contribution in [1.29, 1.82) is 5.26 Å². The molecule has 1 atom stereocenters. The van der Waals surface area contributed by atoms with E-state index in [4.69, 9.17) is 10.00 Å². The van der Waals surface area contributed by atoms with Crippen molar-refractivity contribution in [2.75, 3.05) is 6.61 Å². The molecular weight excluding hydrogens is 194 g/mol. The van der Waals surface area contributed by atoms with E-state index in [1.54, 1.807) is 25.4 Å². The van der Waals surface area contributed by atoms with Crippen molar-refractivity contribution in [2.45, 2.75) is 13.3 Å². The Hall–Kier alpha value is -1.96. The molecule has 1 heterocycles. The summed E-state index contributed by atoms with van der Waals surface area (Å²) < 4.78 is 4.75. The van der Waals surface area contributed by atoms with E-state index in [9.17, 15) is 4.79 Å². The SMILES string of the molecule is CCOC(=O)C(C#N)Cc1ncccn1. The number of carbonyl (C=O) groups excluding carboxylic acids is 1. The molecule has 15 heavy (non-hydrogen) atoms. The third-order valence-electron chi connectivity index (χ3n) is 1.73. The van der Waals surface area contributed by atoms with E-state index in [1.807, 2.05) is 6.07 Å². The van der Waals surface area contributed by atoms with Crippen molar-refractivity contribution in [3.8, 4) is 6.07 Å². The van der Waals surface area contributed by atoms with Gasteiger partial charge in [0.25, 0.3) is 0 Å². The Balaban J connectivity index is 2.63. The van der Waals surface area contributed by atoms with Gasteiger partial charge in [-0.1, -0.05) is 0 Å². The van der Waals surface area contributed by atoms with Crippen LogP contribution in [0.25, 0.3) is 0 Å². The van der Waals surface area contributed by atoms with Gasteiger partial charge in [0.05, 0.1) is 12.7 Å². The van der Waals surface area contributed by atoms with Gasteiger partial charge in [-0.3, -0.25) is 4.79 Å². The van der Waals surface area contributed by atoms with Gasteiger partial charge in [-0.15, -0.1) is 0 Å². The Kier molecular flexibility index (Phi) is 4.23. The van der Waals surface area contributed by atoms with Gasteiger partial charge in [0.1, 0.15) is 5.82 Å². The topological polar surface area (TPSA) is 75.9 Å². The summed E-state index contributed by atoms with van der Waals surface area (Å²) in [5.41, 5.74) is 0. The van der Waals surface area contributed by atoms with Crippen molar-refractivity contribution >= 4 is 5.97 Å². The van der Waals surface area contributed by atoms with Crippen molar-refractivity contribution in [1.82, 2.24) is 9.97 Å². The zero-order valence-corrected chi connectivity index (χ0v) is 8.38. The van der Waals surface area contributed by atoms with Gasteiger partial charge in [-0.05, 0) is 13.0 Å². The molecule has 0 fully saturated rings. The third-order valence-corrected chi connectivity index (χ3v) is 1.73. The van der Waals surface area contributed by atoms with Gasteiger partial charge in [0.15, 0.2) is 5.92 Å². The number of hydrogen-bond acceptors (Lipinski definition) is 5. The lowest BCUT2D eigenvalue weighted by molar-refractivity contribution is -0.146. The molecule has 0 aliphatic rings. The highest BCUT2D eigenvalue weighted by Crippen LogP contribution is 2.05. The quantitative estimate of drug-likeness (QED) is 0.677. The van der Waals surface area contributed by atoms with E-state index in [-0.39, 0.29) is 13.0 Å². The number of esters is 1. The maximum atomic E-state index is 11.3. The summed E-state index contributed by atoms with van der Waals surface area (Å²) in [6.07, 6.45) is 3.33. The normalized spacial score (nSPS) is 11.5. The molecule has 5 nitrogen and oxygen atoms in total. The predicted octanol–water partition coefficient (Wildman–Crippen LogP) is 0.722. The summed E-state index contributed by atoms with van der Waals surface area (Å²) in [6.45, 7) is 1.97. The largest absolute Gasteiger partial charge is 0.465 e. The van der Waals surface area contributed by atoms with E-state index >= 15 is 0 Å². The minimum atomic E-state index is -0.827. The lowest BCUT2D eigenvalue weighted by atomic mass is 10.1. The molecule has 1 unspecified atom stereocenters. The smallest absolute Gasteiger partial charge is 0.323 e. The second-order valence-electron chi connectivity index (χ2n) is 2.80. The highest BCUT2D eigenvalue weighted by Gasteiger charge is 2.20. The van der Waals surface area contributed by atoms with Crippen LogP contribution < -0.4 is 0 Å². The van der Waals surface area contributed by atoms with Crippen molar-refractivity contribution in [3.05, 3.63) is 24.3 Å². The number of hydrogen-bond donors (Lipinski definition) is 0. The maximum absolute atomic E-state index is 11.3. The molecule has 5 heteroatoms. The molecule has 78 valence electrons. The number of aromatic nitrogens is 2. The first-order valence-electron chi connectivity index (χ1n) is 4.60. The molecule has 0 bridgehead atoms. The molecule has 0 saturated heterocycles. The lowest BCUT2D eigenvalue weighted by Crippen LogP contribution is -2.19. The minimum absolute atomic E-state index is 0.191. The fourth-order valence-electron chi connectivity index (χ4n) is 1.04. The second kappa shape index (κ2) is 5.70. The van der Waals surface area contributed by atoms with Crippen LogP contribution in [-0.4, -0.2) is 22.5 Å². The first-order valence-corrected chi connectivity index (χ1v) is 4.60. The first kappa shape index (κ1) is 11.1. The van der Waals surface area contributed by atoms with Crippen LogP contribution in [0.4, 0.5) is 0 Å². The van der Waals surface area contributed by atoms with Gasteiger partial charge in [0, 0.05) is 18.8 Å². The lowest BCUT2D eigenvalue weighted by Gasteiger charge is -2.06. The number of carbonyl (C=O) groups is 1. The van der Waals surface area contributed by atoms with Crippen LogP contribution in [0.2, 0.25) is 0 Å². The van der Waals surface area contributed by atoms with Gasteiger partial charge >= 0.3 is 5.97 Å². The summed E-state index contributed by atoms with van der Waals surface area (Å²) in [5.74, 6) is -0.878. The van der Waals surface area contributed by atoms with Crippen molar-refractivity contribution in [3.63, 3.8) is 0 Å². The number of nitrogens with zero attached hydrogens (tertiary/aromatic N) is 3. The Labute approximate surface area is 87.7 Å². The summed E-state index contributed by atoms with van der Waals surface area (Å²) in [6, 6.07) is 3.56. The van der Waals surface area contributed by atoms with Gasteiger partial charge in [-0.2, -0.15) is 5.26 Å². The molecule has 0 spiro atoms. The summed E-state index contributed by atoms with van der Waals surface area (Å²) in [4.78, 5) is 19.2. The van der Waals surface area contributed by atoms with E-state index in [2.05, 4.69) is 9.97 Å². The van der Waals surface area contributed by atoms with Crippen LogP contribution in [0.15, 0.2) is 18.5 Å². The molecule has 0 aromatic carbocycles. The molecule has 0 amide bonds. The van der Waals surface area contributed by atoms with Crippen LogP contribution >= 0.6 is 0 Å². The molecule has 0 radical (unpaired) electrons. The highest BCUT2D eigenvalue weighted by atomic mass is 16.5. The van der Waals surface area contributed by atoms with Gasteiger partial charge < -0.3 is 4.74 Å². The molecular formula is C10H11N3O2. The van der Waals surface area contributed by atoms with Crippen LogP contribution in [0.1, 0.15) is 12.7 Å². The minimum Gasteiger partial charge on any atom is -0.465 e. The van der Waals surface area contributed by atoms with Gasteiger partial charge in [0.2, 0.25) is 0 Å². The second-order valence-corrected chi connectivity index (χ2v) is 2.80. The predicted molar refractivity (Wildman–Crippen MR) is 51.5 cm³/mol. The molecule has 0 aliphatic carbocycles. The number of rotatable bonds is 4. The summed E-state index contributed by atoms with van der Waals surface area (Å²) in [7, 11) is 0. The zero-order valence-electron chi connectivity index (χ0n) is 8.38. The Morgan fingerprint density at radius 1 is 1.60 bits per heavy atom. The molecule has 1 aromatic rings. The number of ether oxygens (including phenoxy) is 1. The molecule has 1 rings (SSSR count). The average Bonchev–Trinajstić information content (AvgIpc) is 2.27. The monoisotopic (exact) mass is 205 g/mol. The third kappa shape index (κ3) is 3.35. The van der Waals surface area contributed by atoms with E-state index < -0.39 is 11.9 Å². The van der Waals surface area contributed by atoms with E-state index in [0.717, 1.165) is 0 Å². The highest BCUT2D eigenvalue weighted by molar-refractivity contribution is 5.75. The first-order chi connectivity index (χ1) is 7.27. The summed E-state index contributed by atoms with van der Waals surface area (Å²) >= 11 is 0. The van der Waals surface area contributed by atoms with Gasteiger partial charge in [-0.25, -0.2) is 9.97 Å².